The molecule has 3 heterocycles. The third kappa shape index (κ3) is 5.41. The van der Waals surface area contributed by atoms with Crippen LogP contribution >= 0.6 is 0 Å². The molecular formula is C27H35F2N5O2Si. The summed E-state index contributed by atoms with van der Waals surface area (Å²) < 4.78 is 38.3. The zero-order chi connectivity index (χ0) is 26.3. The van der Waals surface area contributed by atoms with Crippen LogP contribution in [0.3, 0.4) is 0 Å². The number of imidazole rings is 1. The third-order valence-electron chi connectivity index (χ3n) is 7.32. The van der Waals surface area contributed by atoms with Gasteiger partial charge in [-0.2, -0.15) is 0 Å². The lowest BCUT2D eigenvalue weighted by Crippen LogP contribution is -2.47. The van der Waals surface area contributed by atoms with Crippen LogP contribution in [0, 0.1) is 11.6 Å². The van der Waals surface area contributed by atoms with E-state index in [1.807, 2.05) is 22.6 Å². The van der Waals surface area contributed by atoms with Crippen molar-refractivity contribution in [3.63, 3.8) is 0 Å². The molecule has 0 N–H and O–H groups in total. The second kappa shape index (κ2) is 10.1. The summed E-state index contributed by atoms with van der Waals surface area (Å²) in [4.78, 5) is 22.7. The molecule has 2 aromatic carbocycles. The minimum Gasteiger partial charge on any atom is -0.369 e. The average Bonchev–Trinajstić information content (AvgIpc) is 3.22. The number of fused-ring (bicyclic) bond motifs is 1. The van der Waals surface area contributed by atoms with Crippen molar-refractivity contribution in [3.8, 4) is 0 Å². The third-order valence-corrected chi connectivity index (χ3v) is 9.03. The second-order valence-corrected chi connectivity index (χ2v) is 17.0. The number of likely N-dealkylation sites (N-methyl/N-ethyl adjacent to an activating group) is 1. The van der Waals surface area contributed by atoms with E-state index >= 15 is 8.78 Å². The summed E-state index contributed by atoms with van der Waals surface area (Å²) in [6, 6.07) is 8.69. The van der Waals surface area contributed by atoms with Gasteiger partial charge in [0.1, 0.15) is 18.4 Å². The molecule has 0 aliphatic carbocycles. The number of aromatic nitrogens is 2. The van der Waals surface area contributed by atoms with E-state index in [2.05, 4.69) is 29.5 Å². The minimum atomic E-state index is -1.16. The maximum absolute atomic E-state index is 15.3. The summed E-state index contributed by atoms with van der Waals surface area (Å²) in [5, 5.41) is 0. The van der Waals surface area contributed by atoms with Gasteiger partial charge >= 0.3 is 0 Å². The Morgan fingerprint density at radius 1 is 1.03 bits per heavy atom. The van der Waals surface area contributed by atoms with Crippen LogP contribution in [0.5, 0.6) is 0 Å². The smallest absolute Gasteiger partial charge is 0.230 e. The Kier molecular flexibility index (Phi) is 7.08. The highest BCUT2D eigenvalue weighted by Gasteiger charge is 2.41. The lowest BCUT2D eigenvalue weighted by Gasteiger charge is -2.41. The van der Waals surface area contributed by atoms with E-state index in [1.54, 1.807) is 18.5 Å². The SMILES string of the molecule is CN1CCN(c2cc(F)c(C3CC(=O)N3c3ccc4c(c3)ncn4COCC[Si](C)(C)C)c(F)c2)CC1. The first-order valence-electron chi connectivity index (χ1n) is 12.9. The van der Waals surface area contributed by atoms with Crippen molar-refractivity contribution < 1.29 is 18.3 Å². The summed E-state index contributed by atoms with van der Waals surface area (Å²) in [5.41, 5.74) is 2.66. The van der Waals surface area contributed by atoms with E-state index in [0.717, 1.165) is 37.7 Å². The Bertz CT molecular complexity index is 1280. The van der Waals surface area contributed by atoms with Gasteiger partial charge < -0.3 is 24.0 Å². The first kappa shape index (κ1) is 25.8. The predicted molar refractivity (Wildman–Crippen MR) is 145 cm³/mol. The molecule has 1 atom stereocenters. The number of carbonyl (C=O) groups is 1. The fourth-order valence-electron chi connectivity index (χ4n) is 4.95. The number of amides is 1. The zero-order valence-electron chi connectivity index (χ0n) is 22.0. The van der Waals surface area contributed by atoms with Gasteiger partial charge in [0.2, 0.25) is 5.91 Å². The molecule has 1 amide bonds. The van der Waals surface area contributed by atoms with Crippen molar-refractivity contribution in [2.45, 2.75) is 44.9 Å². The van der Waals surface area contributed by atoms with Crippen LogP contribution in [0.2, 0.25) is 25.7 Å². The number of anilines is 2. The topological polar surface area (TPSA) is 53.8 Å². The second-order valence-electron chi connectivity index (χ2n) is 11.3. The van der Waals surface area contributed by atoms with Crippen LogP contribution in [-0.4, -0.2) is 68.3 Å². The average molecular weight is 528 g/mol. The highest BCUT2D eigenvalue weighted by Crippen LogP contribution is 2.42. The van der Waals surface area contributed by atoms with E-state index in [1.165, 1.54) is 17.0 Å². The fraction of sp³-hybridized carbons (Fsp3) is 0.481. The number of nitrogens with zero attached hydrogens (tertiary/aromatic N) is 5. The van der Waals surface area contributed by atoms with Crippen LogP contribution in [0.1, 0.15) is 18.0 Å². The molecule has 3 aromatic rings. The Morgan fingerprint density at radius 3 is 2.38 bits per heavy atom. The van der Waals surface area contributed by atoms with Gasteiger partial charge in [0.15, 0.2) is 0 Å². The van der Waals surface area contributed by atoms with Crippen molar-refractivity contribution in [2.24, 2.45) is 0 Å². The number of β-lactam (4-membered cyclic amide) rings is 1. The standard InChI is InChI=1S/C27H35F2N5O2Si/c1-31-7-9-32(10-8-31)20-13-21(28)27(22(29)14-20)25-16-26(35)34(25)19-5-6-24-23(15-19)30-17-33(24)18-36-11-12-37(2,3)4/h5-6,13-15,17,25H,7-12,16,18H2,1-4H3. The molecule has 5 rings (SSSR count). The summed E-state index contributed by atoms with van der Waals surface area (Å²) in [5.74, 6) is -1.39. The molecule has 0 spiro atoms. The summed E-state index contributed by atoms with van der Waals surface area (Å²) in [6.07, 6.45) is 1.79. The number of hydrogen-bond donors (Lipinski definition) is 0. The fourth-order valence-corrected chi connectivity index (χ4v) is 5.71. The normalized spacial score (nSPS) is 19.1. The largest absolute Gasteiger partial charge is 0.369 e. The maximum Gasteiger partial charge on any atom is 0.230 e. The highest BCUT2D eigenvalue weighted by atomic mass is 28.3. The molecule has 2 aliphatic heterocycles. The molecule has 2 saturated heterocycles. The molecule has 7 nitrogen and oxygen atoms in total. The van der Waals surface area contributed by atoms with Crippen molar-refractivity contribution in [3.05, 3.63) is 53.9 Å². The number of rotatable bonds is 8. The van der Waals surface area contributed by atoms with E-state index in [9.17, 15) is 4.79 Å². The van der Waals surface area contributed by atoms with Gasteiger partial charge in [-0.05, 0) is 43.4 Å². The van der Waals surface area contributed by atoms with Gasteiger partial charge in [-0.15, -0.1) is 0 Å². The van der Waals surface area contributed by atoms with Crippen molar-refractivity contribution in [1.29, 1.82) is 0 Å². The first-order chi connectivity index (χ1) is 17.6. The van der Waals surface area contributed by atoms with Crippen molar-refractivity contribution in [1.82, 2.24) is 14.5 Å². The first-order valence-corrected chi connectivity index (χ1v) is 16.6. The maximum atomic E-state index is 15.3. The number of ether oxygens (including phenoxy) is 1. The van der Waals surface area contributed by atoms with Crippen LogP contribution in [0.25, 0.3) is 11.0 Å². The molecule has 2 fully saturated rings. The van der Waals surface area contributed by atoms with Crippen LogP contribution in [-0.2, 0) is 16.3 Å². The number of piperazine rings is 1. The Morgan fingerprint density at radius 2 is 1.73 bits per heavy atom. The summed E-state index contributed by atoms with van der Waals surface area (Å²) >= 11 is 0. The predicted octanol–water partition coefficient (Wildman–Crippen LogP) is 4.86. The molecule has 0 radical (unpaired) electrons. The summed E-state index contributed by atoms with van der Waals surface area (Å²) in [7, 11) is 0.877. The van der Waals surface area contributed by atoms with Gasteiger partial charge in [0, 0.05) is 57.8 Å². The van der Waals surface area contributed by atoms with E-state index < -0.39 is 25.8 Å². The van der Waals surface area contributed by atoms with Gasteiger partial charge in [0.05, 0.1) is 29.8 Å². The van der Waals surface area contributed by atoms with Crippen LogP contribution in [0.15, 0.2) is 36.7 Å². The quantitative estimate of drug-likeness (QED) is 0.238. The minimum absolute atomic E-state index is 0.0566. The van der Waals surface area contributed by atoms with Gasteiger partial charge in [0.25, 0.3) is 0 Å². The molecule has 1 unspecified atom stereocenters. The zero-order valence-corrected chi connectivity index (χ0v) is 23.0. The molecule has 0 saturated carbocycles. The van der Waals surface area contributed by atoms with E-state index in [-0.39, 0.29) is 17.9 Å². The Balaban J connectivity index is 1.33. The number of hydrogen-bond acceptors (Lipinski definition) is 5. The highest BCUT2D eigenvalue weighted by molar-refractivity contribution is 6.76. The number of carbonyl (C=O) groups excluding carboxylic acids is 1. The molecule has 37 heavy (non-hydrogen) atoms. The monoisotopic (exact) mass is 527 g/mol. The lowest BCUT2D eigenvalue weighted by atomic mass is 9.91. The summed E-state index contributed by atoms with van der Waals surface area (Å²) in [6.45, 7) is 11.2. The van der Waals surface area contributed by atoms with Crippen molar-refractivity contribution >= 4 is 36.4 Å². The van der Waals surface area contributed by atoms with Crippen LogP contribution in [0.4, 0.5) is 20.2 Å². The lowest BCUT2D eigenvalue weighted by molar-refractivity contribution is -0.124. The molecule has 0 bridgehead atoms. The van der Waals surface area contributed by atoms with Gasteiger partial charge in [-0.1, -0.05) is 19.6 Å². The van der Waals surface area contributed by atoms with E-state index in [0.29, 0.717) is 30.2 Å². The number of benzene rings is 2. The molecule has 1 aromatic heterocycles. The van der Waals surface area contributed by atoms with Crippen LogP contribution < -0.4 is 9.80 Å². The molecular weight excluding hydrogens is 492 g/mol. The molecule has 2 aliphatic rings. The van der Waals surface area contributed by atoms with E-state index in [4.69, 9.17) is 4.74 Å². The van der Waals surface area contributed by atoms with Gasteiger partial charge in [-0.3, -0.25) is 4.79 Å². The van der Waals surface area contributed by atoms with Gasteiger partial charge in [-0.25, -0.2) is 13.8 Å². The number of halogens is 2. The Hall–Kier alpha value is -2.82. The Labute approximate surface area is 217 Å². The van der Waals surface area contributed by atoms with Crippen molar-refractivity contribution in [2.75, 3.05) is 49.6 Å². The molecule has 198 valence electrons. The molecule has 10 heteroatoms.